The van der Waals surface area contributed by atoms with E-state index in [-0.39, 0.29) is 22.3 Å². The molecule has 0 unspecified atom stereocenters. The Balaban J connectivity index is 2.16. The summed E-state index contributed by atoms with van der Waals surface area (Å²) in [6.45, 7) is 0.137. The lowest BCUT2D eigenvalue weighted by Gasteiger charge is -2.07. The lowest BCUT2D eigenvalue weighted by molar-refractivity contribution is 0.581. The Morgan fingerprint density at radius 1 is 1.37 bits per heavy atom. The minimum Gasteiger partial charge on any atom is -0.382 e. The molecule has 0 amide bonds. The summed E-state index contributed by atoms with van der Waals surface area (Å²) >= 11 is 5.75. The molecule has 2 aromatic heterocycles. The topological polar surface area (TPSA) is 98.0 Å². The molecular formula is C11H11ClN4O2S. The van der Waals surface area contributed by atoms with E-state index in [1.165, 1.54) is 6.07 Å². The van der Waals surface area contributed by atoms with Crippen molar-refractivity contribution in [3.63, 3.8) is 0 Å². The van der Waals surface area contributed by atoms with Crippen LogP contribution in [0.15, 0.2) is 41.7 Å². The summed E-state index contributed by atoms with van der Waals surface area (Å²) in [6, 6.07) is 4.75. The summed E-state index contributed by atoms with van der Waals surface area (Å²) in [4.78, 5) is 7.58. The van der Waals surface area contributed by atoms with Crippen molar-refractivity contribution in [3.8, 4) is 0 Å². The standard InChI is InChI=1S/C11H11ClN4O2S/c12-10-4-9(7-15-11(10)13)19(17,18)16-6-8-2-1-3-14-5-8/h1-5,7,16H,6H2,(H2,13,15). The molecule has 6 nitrogen and oxygen atoms in total. The Morgan fingerprint density at radius 2 is 2.16 bits per heavy atom. The molecule has 0 bridgehead atoms. The molecule has 100 valence electrons. The third kappa shape index (κ3) is 3.40. The van der Waals surface area contributed by atoms with Gasteiger partial charge in [-0.3, -0.25) is 4.98 Å². The average Bonchev–Trinajstić information content (AvgIpc) is 2.41. The van der Waals surface area contributed by atoms with Gasteiger partial charge in [0.15, 0.2) is 0 Å². The van der Waals surface area contributed by atoms with Crippen LogP contribution in [-0.4, -0.2) is 18.4 Å². The van der Waals surface area contributed by atoms with E-state index in [1.807, 2.05) is 0 Å². The summed E-state index contributed by atoms with van der Waals surface area (Å²) in [7, 11) is -3.68. The van der Waals surface area contributed by atoms with Crippen LogP contribution in [0.5, 0.6) is 0 Å². The van der Waals surface area contributed by atoms with E-state index in [2.05, 4.69) is 14.7 Å². The summed E-state index contributed by atoms with van der Waals surface area (Å²) in [5.74, 6) is 0.0906. The number of hydrogen-bond acceptors (Lipinski definition) is 5. The number of nitrogens with one attached hydrogen (secondary N) is 1. The van der Waals surface area contributed by atoms with Crippen molar-refractivity contribution in [2.24, 2.45) is 0 Å². The monoisotopic (exact) mass is 298 g/mol. The predicted octanol–water partition coefficient (Wildman–Crippen LogP) is 1.19. The average molecular weight is 299 g/mol. The zero-order valence-electron chi connectivity index (χ0n) is 9.75. The number of anilines is 1. The second kappa shape index (κ2) is 5.52. The van der Waals surface area contributed by atoms with Crippen molar-refractivity contribution in [2.75, 3.05) is 5.73 Å². The first-order valence-corrected chi connectivity index (χ1v) is 7.15. The van der Waals surface area contributed by atoms with Gasteiger partial charge in [0.05, 0.1) is 5.02 Å². The van der Waals surface area contributed by atoms with Gasteiger partial charge in [-0.15, -0.1) is 0 Å². The normalized spacial score (nSPS) is 11.4. The summed E-state index contributed by atoms with van der Waals surface area (Å²) in [6.07, 6.45) is 4.35. The zero-order chi connectivity index (χ0) is 13.9. The third-order valence-corrected chi connectivity index (χ3v) is 4.01. The van der Waals surface area contributed by atoms with Crippen molar-refractivity contribution >= 4 is 27.4 Å². The highest BCUT2D eigenvalue weighted by molar-refractivity contribution is 7.89. The number of nitrogens with zero attached hydrogens (tertiary/aromatic N) is 2. The molecule has 0 fully saturated rings. The molecule has 0 saturated carbocycles. The molecule has 0 aromatic carbocycles. The van der Waals surface area contributed by atoms with Gasteiger partial charge in [-0.2, -0.15) is 0 Å². The fraction of sp³-hybridized carbons (Fsp3) is 0.0909. The van der Waals surface area contributed by atoms with Crippen LogP contribution in [0.4, 0.5) is 5.82 Å². The van der Waals surface area contributed by atoms with E-state index in [0.717, 1.165) is 11.8 Å². The molecule has 3 N–H and O–H groups in total. The first-order chi connectivity index (χ1) is 8.99. The minimum absolute atomic E-state index is 0.0319. The molecule has 0 aliphatic carbocycles. The number of hydrogen-bond donors (Lipinski definition) is 2. The Labute approximate surface area is 115 Å². The van der Waals surface area contributed by atoms with E-state index in [1.54, 1.807) is 24.5 Å². The number of sulfonamides is 1. The third-order valence-electron chi connectivity index (χ3n) is 2.34. The molecule has 0 radical (unpaired) electrons. The lowest BCUT2D eigenvalue weighted by atomic mass is 10.3. The van der Waals surface area contributed by atoms with Crippen LogP contribution in [0.3, 0.4) is 0 Å². The molecule has 19 heavy (non-hydrogen) atoms. The van der Waals surface area contributed by atoms with Crippen LogP contribution in [0.2, 0.25) is 5.02 Å². The molecule has 0 atom stereocenters. The minimum atomic E-state index is -3.68. The number of nitrogens with two attached hydrogens (primary N) is 1. The lowest BCUT2D eigenvalue weighted by Crippen LogP contribution is -2.23. The van der Waals surface area contributed by atoms with Gasteiger partial charge >= 0.3 is 0 Å². The Hall–Kier alpha value is -1.70. The van der Waals surface area contributed by atoms with Gasteiger partial charge in [0.1, 0.15) is 10.7 Å². The summed E-state index contributed by atoms with van der Waals surface area (Å²) in [5, 5.41) is 0.101. The highest BCUT2D eigenvalue weighted by Crippen LogP contribution is 2.19. The fourth-order valence-corrected chi connectivity index (χ4v) is 2.56. The molecule has 0 spiro atoms. The van der Waals surface area contributed by atoms with E-state index < -0.39 is 10.0 Å². The van der Waals surface area contributed by atoms with Crippen molar-refractivity contribution in [3.05, 3.63) is 47.4 Å². The quantitative estimate of drug-likeness (QED) is 0.883. The second-order valence-corrected chi connectivity index (χ2v) is 5.90. The maximum absolute atomic E-state index is 12.0. The van der Waals surface area contributed by atoms with Gasteiger partial charge in [0.2, 0.25) is 10.0 Å². The van der Waals surface area contributed by atoms with E-state index in [9.17, 15) is 8.42 Å². The SMILES string of the molecule is Nc1ncc(S(=O)(=O)NCc2cccnc2)cc1Cl. The second-order valence-electron chi connectivity index (χ2n) is 3.72. The zero-order valence-corrected chi connectivity index (χ0v) is 11.3. The first kappa shape index (κ1) is 13.7. The number of nitrogen functional groups attached to an aromatic ring is 1. The number of rotatable bonds is 4. The summed E-state index contributed by atoms with van der Waals surface area (Å²) < 4.78 is 26.4. The Kier molecular flexibility index (Phi) is 3.98. The smallest absolute Gasteiger partial charge is 0.242 e. The molecule has 2 rings (SSSR count). The Bertz CT molecular complexity index is 676. The molecule has 2 aromatic rings. The molecule has 2 heterocycles. The van der Waals surface area contributed by atoms with Crippen LogP contribution in [-0.2, 0) is 16.6 Å². The van der Waals surface area contributed by atoms with Crippen molar-refractivity contribution < 1.29 is 8.42 Å². The van der Waals surface area contributed by atoms with E-state index >= 15 is 0 Å². The van der Waals surface area contributed by atoms with Gasteiger partial charge in [0, 0.05) is 25.1 Å². The highest BCUT2D eigenvalue weighted by Gasteiger charge is 2.15. The van der Waals surface area contributed by atoms with Crippen molar-refractivity contribution in [2.45, 2.75) is 11.4 Å². The van der Waals surface area contributed by atoms with Crippen molar-refractivity contribution in [1.29, 1.82) is 0 Å². The van der Waals surface area contributed by atoms with Gasteiger partial charge in [0.25, 0.3) is 0 Å². The maximum atomic E-state index is 12.0. The van der Waals surface area contributed by atoms with Crippen LogP contribution >= 0.6 is 11.6 Å². The van der Waals surface area contributed by atoms with Crippen LogP contribution in [0.25, 0.3) is 0 Å². The van der Waals surface area contributed by atoms with E-state index in [0.29, 0.717) is 0 Å². The van der Waals surface area contributed by atoms with Crippen molar-refractivity contribution in [1.82, 2.24) is 14.7 Å². The summed E-state index contributed by atoms with van der Waals surface area (Å²) in [5.41, 5.74) is 6.18. The molecule has 0 aliphatic rings. The molecular weight excluding hydrogens is 288 g/mol. The van der Waals surface area contributed by atoms with Gasteiger partial charge in [-0.25, -0.2) is 18.1 Å². The predicted molar refractivity (Wildman–Crippen MR) is 71.9 cm³/mol. The number of pyridine rings is 2. The van der Waals surface area contributed by atoms with Gasteiger partial charge < -0.3 is 5.73 Å². The molecule has 8 heteroatoms. The van der Waals surface area contributed by atoms with E-state index in [4.69, 9.17) is 17.3 Å². The first-order valence-electron chi connectivity index (χ1n) is 5.28. The van der Waals surface area contributed by atoms with Crippen LogP contribution in [0, 0.1) is 0 Å². The highest BCUT2D eigenvalue weighted by atomic mass is 35.5. The fourth-order valence-electron chi connectivity index (χ4n) is 1.34. The van der Waals surface area contributed by atoms with Crippen LogP contribution < -0.4 is 10.5 Å². The Morgan fingerprint density at radius 3 is 2.79 bits per heavy atom. The molecule has 0 aliphatic heterocycles. The van der Waals surface area contributed by atoms with Gasteiger partial charge in [-0.1, -0.05) is 17.7 Å². The number of halogens is 1. The number of aromatic nitrogens is 2. The largest absolute Gasteiger partial charge is 0.382 e. The van der Waals surface area contributed by atoms with Gasteiger partial charge in [-0.05, 0) is 17.7 Å². The van der Waals surface area contributed by atoms with Crippen LogP contribution in [0.1, 0.15) is 5.56 Å². The molecule has 0 saturated heterocycles. The maximum Gasteiger partial charge on any atom is 0.242 e.